The number of rotatable bonds is 5. The molecule has 1 aliphatic rings. The number of amides is 3. The molecule has 33 heavy (non-hydrogen) atoms. The van der Waals surface area contributed by atoms with E-state index < -0.39 is 27.6 Å². The zero-order valence-electron chi connectivity index (χ0n) is 17.7. The highest BCUT2D eigenvalue weighted by Crippen LogP contribution is 2.46. The predicted octanol–water partition coefficient (Wildman–Crippen LogP) is 4.36. The Bertz CT molecular complexity index is 1200. The predicted molar refractivity (Wildman–Crippen MR) is 135 cm³/mol. The van der Waals surface area contributed by atoms with Crippen LogP contribution in [0.3, 0.4) is 0 Å². The molecule has 0 radical (unpaired) electrons. The number of urea groups is 1. The first kappa shape index (κ1) is 24.9. The first-order valence-corrected chi connectivity index (χ1v) is 11.7. The minimum atomic E-state index is -1.68. The van der Waals surface area contributed by atoms with Gasteiger partial charge >= 0.3 is 6.03 Å². The van der Waals surface area contributed by atoms with E-state index in [1.165, 1.54) is 30.4 Å². The van der Waals surface area contributed by atoms with E-state index in [1.54, 1.807) is 43.5 Å². The van der Waals surface area contributed by atoms with Gasteiger partial charge in [0.25, 0.3) is 5.91 Å². The van der Waals surface area contributed by atoms with Crippen LogP contribution >= 0.6 is 35.6 Å². The third-order valence-corrected chi connectivity index (χ3v) is 7.57. The molecule has 2 aromatic carbocycles. The quantitative estimate of drug-likeness (QED) is 0.274. The smallest absolute Gasteiger partial charge is 0.317 e. The Labute approximate surface area is 205 Å². The summed E-state index contributed by atoms with van der Waals surface area (Å²) in [7, 11) is 0. The molecule has 172 valence electrons. The minimum absolute atomic E-state index is 0.0771. The number of carbonyl (C=O) groups excluding carboxylic acids is 2. The molecule has 2 unspecified atom stereocenters. The number of hydrogen-bond acceptors (Lipinski definition) is 5. The second-order valence-electron chi connectivity index (χ2n) is 7.28. The van der Waals surface area contributed by atoms with Gasteiger partial charge < -0.3 is 21.5 Å². The normalized spacial score (nSPS) is 21.8. The van der Waals surface area contributed by atoms with E-state index in [4.69, 9.17) is 29.6 Å². The van der Waals surface area contributed by atoms with Crippen molar-refractivity contribution in [2.45, 2.75) is 16.7 Å². The van der Waals surface area contributed by atoms with E-state index >= 15 is 0 Å². The molecule has 6 nitrogen and oxygen atoms in total. The van der Waals surface area contributed by atoms with Crippen LogP contribution in [0.4, 0.5) is 14.9 Å². The Balaban J connectivity index is 2.01. The summed E-state index contributed by atoms with van der Waals surface area (Å²) in [4.78, 5) is 20.5. The molecule has 2 aromatic rings. The van der Waals surface area contributed by atoms with Crippen LogP contribution in [0.5, 0.6) is 0 Å². The second-order valence-corrected chi connectivity index (χ2v) is 9.31. The fraction of sp³-hybridized carbons (Fsp3) is 0.174. The standard InChI is InChI=1S/C23H21ClFN3O3S2/c1-13-15(7-5-9-18(13)27-19(29)16-6-3-4-8-17(16)25)14-10-11-23(31,33-2)22(24,12-14)20(32)28-21(26)30/h3-12,31H,1-2H3,(H,27,29)(H3,26,28,30,32). The fourth-order valence-corrected chi connectivity index (χ4v) is 4.92. The highest BCUT2D eigenvalue weighted by Gasteiger charge is 2.51. The van der Waals surface area contributed by atoms with Crippen molar-refractivity contribution in [2.24, 2.45) is 5.73 Å². The molecule has 0 saturated heterocycles. The summed E-state index contributed by atoms with van der Waals surface area (Å²) in [6.45, 7) is 1.78. The van der Waals surface area contributed by atoms with Crippen molar-refractivity contribution in [3.63, 3.8) is 0 Å². The number of benzene rings is 2. The molecule has 3 rings (SSSR count). The van der Waals surface area contributed by atoms with Gasteiger partial charge in [0.2, 0.25) is 0 Å². The number of allylic oxidation sites excluding steroid dienone is 2. The molecule has 0 aromatic heterocycles. The van der Waals surface area contributed by atoms with Gasteiger partial charge in [-0.25, -0.2) is 9.18 Å². The molecule has 10 heteroatoms. The number of thioether (sulfide) groups is 1. The van der Waals surface area contributed by atoms with Gasteiger partial charge in [0.05, 0.1) is 5.56 Å². The van der Waals surface area contributed by atoms with Gasteiger partial charge in [0.1, 0.15) is 10.8 Å². The average molecular weight is 506 g/mol. The molecule has 1 aliphatic carbocycles. The van der Waals surface area contributed by atoms with Crippen LogP contribution in [-0.4, -0.2) is 38.1 Å². The number of primary amides is 1. The number of alkyl halides is 1. The summed E-state index contributed by atoms with van der Waals surface area (Å²) in [5.74, 6) is -1.21. The van der Waals surface area contributed by atoms with Crippen molar-refractivity contribution in [3.05, 3.63) is 83.2 Å². The van der Waals surface area contributed by atoms with Gasteiger partial charge in [-0.3, -0.25) is 4.79 Å². The van der Waals surface area contributed by atoms with Crippen LogP contribution in [0.1, 0.15) is 21.5 Å². The number of anilines is 1. The Morgan fingerprint density at radius 3 is 2.55 bits per heavy atom. The minimum Gasteiger partial charge on any atom is -0.373 e. The lowest BCUT2D eigenvalue weighted by Gasteiger charge is -2.40. The van der Waals surface area contributed by atoms with E-state index in [1.807, 2.05) is 0 Å². The molecular formula is C23H21ClFN3O3S2. The number of halogens is 2. The van der Waals surface area contributed by atoms with Gasteiger partial charge in [0.15, 0.2) is 9.81 Å². The number of nitrogens with one attached hydrogen (secondary N) is 2. The summed E-state index contributed by atoms with van der Waals surface area (Å²) in [5, 5.41) is 16.1. The van der Waals surface area contributed by atoms with Crippen LogP contribution in [0.15, 0.2) is 60.7 Å². The molecule has 0 saturated carbocycles. The van der Waals surface area contributed by atoms with Crippen molar-refractivity contribution in [1.82, 2.24) is 5.32 Å². The summed E-state index contributed by atoms with van der Waals surface area (Å²) < 4.78 is 14.0. The Hall–Kier alpha value is -2.72. The van der Waals surface area contributed by atoms with E-state index in [9.17, 15) is 19.1 Å². The zero-order chi connectivity index (χ0) is 24.4. The van der Waals surface area contributed by atoms with Gasteiger partial charge in [-0.15, -0.1) is 23.4 Å². The number of hydrogen-bond donors (Lipinski definition) is 4. The third kappa shape index (κ3) is 4.81. The Kier molecular flexibility index (Phi) is 7.28. The second kappa shape index (κ2) is 9.64. The van der Waals surface area contributed by atoms with Crippen molar-refractivity contribution in [3.8, 4) is 0 Å². The van der Waals surface area contributed by atoms with Crippen molar-refractivity contribution >= 4 is 63.8 Å². The lowest BCUT2D eigenvalue weighted by atomic mass is 9.87. The molecule has 2 atom stereocenters. The van der Waals surface area contributed by atoms with E-state index in [-0.39, 0.29) is 10.6 Å². The molecule has 0 spiro atoms. The highest BCUT2D eigenvalue weighted by atomic mass is 35.5. The molecule has 5 N–H and O–H groups in total. The van der Waals surface area contributed by atoms with Crippen molar-refractivity contribution < 1.29 is 19.1 Å². The molecule has 0 fully saturated rings. The van der Waals surface area contributed by atoms with Crippen LogP contribution < -0.4 is 16.4 Å². The van der Waals surface area contributed by atoms with Gasteiger partial charge in [-0.1, -0.05) is 42.6 Å². The van der Waals surface area contributed by atoms with Gasteiger partial charge in [-0.05, 0) is 60.2 Å². The Morgan fingerprint density at radius 2 is 1.91 bits per heavy atom. The molecule has 0 aliphatic heterocycles. The van der Waals surface area contributed by atoms with Crippen LogP contribution in [0.25, 0.3) is 5.57 Å². The summed E-state index contributed by atoms with van der Waals surface area (Å²) >= 11 is 13.1. The van der Waals surface area contributed by atoms with E-state index in [2.05, 4.69) is 10.6 Å². The van der Waals surface area contributed by atoms with Crippen molar-refractivity contribution in [2.75, 3.05) is 11.6 Å². The van der Waals surface area contributed by atoms with E-state index in [0.717, 1.165) is 11.8 Å². The monoisotopic (exact) mass is 505 g/mol. The summed E-state index contributed by atoms with van der Waals surface area (Å²) in [6, 6.07) is 10.0. The van der Waals surface area contributed by atoms with Gasteiger partial charge in [0, 0.05) is 5.69 Å². The Morgan fingerprint density at radius 1 is 1.21 bits per heavy atom. The molecule has 0 heterocycles. The maximum Gasteiger partial charge on any atom is 0.317 e. The number of aliphatic hydroxyl groups is 1. The molecule has 0 bridgehead atoms. The topological polar surface area (TPSA) is 104 Å². The maximum absolute atomic E-state index is 14.0. The third-order valence-electron chi connectivity index (χ3n) is 5.25. The molecule has 3 amide bonds. The van der Waals surface area contributed by atoms with Crippen molar-refractivity contribution in [1.29, 1.82) is 0 Å². The maximum atomic E-state index is 14.0. The van der Waals surface area contributed by atoms with Gasteiger partial charge in [-0.2, -0.15) is 0 Å². The lowest BCUT2D eigenvalue weighted by molar-refractivity contribution is 0.102. The van der Waals surface area contributed by atoms with Crippen LogP contribution in [0, 0.1) is 12.7 Å². The van der Waals surface area contributed by atoms with Crippen LogP contribution in [-0.2, 0) is 0 Å². The van der Waals surface area contributed by atoms with E-state index in [0.29, 0.717) is 22.4 Å². The number of thiocarbonyl (C=S) groups is 1. The summed E-state index contributed by atoms with van der Waals surface area (Å²) in [6.07, 6.45) is 6.35. The lowest BCUT2D eigenvalue weighted by Crippen LogP contribution is -2.57. The highest BCUT2D eigenvalue weighted by molar-refractivity contribution is 8.00. The average Bonchev–Trinajstić information content (AvgIpc) is 2.77. The zero-order valence-corrected chi connectivity index (χ0v) is 20.1. The first-order valence-electron chi connectivity index (χ1n) is 9.67. The van der Waals surface area contributed by atoms with Crippen LogP contribution in [0.2, 0.25) is 0 Å². The SMILES string of the molecule is CSC1(O)C=CC(c2cccc(NC(=O)c3ccccc3F)c2C)=CC1(Cl)C(=S)NC(N)=O. The largest absolute Gasteiger partial charge is 0.373 e. The molecular weight excluding hydrogens is 485 g/mol. The fourth-order valence-electron chi connectivity index (χ4n) is 3.42. The number of nitrogens with two attached hydrogens (primary N) is 1. The number of carbonyl (C=O) groups is 2. The summed E-state index contributed by atoms with van der Waals surface area (Å²) in [5.41, 5.74) is 7.55. The first-order chi connectivity index (χ1) is 15.5.